The average Bonchev–Trinajstić information content (AvgIpc) is 2.30. The van der Waals surface area contributed by atoms with Crippen LogP contribution >= 0.6 is 0 Å². The standard InChI is InChI=1S/C11H11NO4.Li/c1-2-16-11(15)10(14)7-9(13)8-3-5-12-6-4-8;/h3-7,13H,2H2,1H3;/q;+1/p-1/b9-7-;. The molecular weight excluding hydrogens is 217 g/mol. The maximum Gasteiger partial charge on any atom is 1.00 e. The molecule has 1 rings (SSSR count). The molecular formula is C11H10LiNO4. The molecule has 0 saturated carbocycles. The monoisotopic (exact) mass is 227 g/mol. The predicted octanol–water partition coefficient (Wildman–Crippen LogP) is -3.08. The number of rotatable bonds is 4. The summed E-state index contributed by atoms with van der Waals surface area (Å²) in [5.74, 6) is -2.52. The van der Waals surface area contributed by atoms with Gasteiger partial charge in [0.1, 0.15) is 0 Å². The topological polar surface area (TPSA) is 79.3 Å². The van der Waals surface area contributed by atoms with Crippen molar-refractivity contribution in [1.82, 2.24) is 4.98 Å². The first-order chi connectivity index (χ1) is 7.65. The van der Waals surface area contributed by atoms with Gasteiger partial charge in [-0.25, -0.2) is 4.79 Å². The van der Waals surface area contributed by atoms with Crippen molar-refractivity contribution >= 4 is 17.5 Å². The predicted molar refractivity (Wildman–Crippen MR) is 53.9 cm³/mol. The van der Waals surface area contributed by atoms with Crippen LogP contribution in [0.25, 0.3) is 5.76 Å². The fourth-order valence-electron chi connectivity index (χ4n) is 0.980. The van der Waals surface area contributed by atoms with E-state index >= 15 is 0 Å². The Morgan fingerprint density at radius 3 is 2.53 bits per heavy atom. The van der Waals surface area contributed by atoms with Crippen molar-refractivity contribution in [1.29, 1.82) is 0 Å². The fourth-order valence-corrected chi connectivity index (χ4v) is 0.980. The largest absolute Gasteiger partial charge is 1.00 e. The quantitative estimate of drug-likeness (QED) is 0.179. The Hall–Kier alpha value is -1.57. The molecule has 1 aromatic rings. The molecule has 0 aliphatic carbocycles. The van der Waals surface area contributed by atoms with Gasteiger partial charge in [-0.15, -0.1) is 0 Å². The van der Waals surface area contributed by atoms with Crippen molar-refractivity contribution in [2.45, 2.75) is 6.92 Å². The van der Waals surface area contributed by atoms with Crippen LogP contribution in [-0.4, -0.2) is 23.3 Å². The second kappa shape index (κ2) is 7.66. The first-order valence-corrected chi connectivity index (χ1v) is 4.65. The Morgan fingerprint density at radius 2 is 2.00 bits per heavy atom. The van der Waals surface area contributed by atoms with E-state index in [1.165, 1.54) is 24.5 Å². The molecule has 0 aliphatic heterocycles. The van der Waals surface area contributed by atoms with Crippen LogP contribution in [0.1, 0.15) is 12.5 Å². The van der Waals surface area contributed by atoms with E-state index in [4.69, 9.17) is 0 Å². The molecule has 5 nitrogen and oxygen atoms in total. The van der Waals surface area contributed by atoms with Gasteiger partial charge >= 0.3 is 24.8 Å². The van der Waals surface area contributed by atoms with Crippen LogP contribution in [0.15, 0.2) is 30.6 Å². The van der Waals surface area contributed by atoms with Gasteiger partial charge < -0.3 is 9.84 Å². The van der Waals surface area contributed by atoms with E-state index in [1.807, 2.05) is 0 Å². The van der Waals surface area contributed by atoms with E-state index in [0.29, 0.717) is 11.6 Å². The summed E-state index contributed by atoms with van der Waals surface area (Å²) in [4.78, 5) is 25.8. The Bertz CT molecular complexity index is 417. The molecule has 0 saturated heterocycles. The first kappa shape index (κ1) is 15.4. The number of hydrogen-bond acceptors (Lipinski definition) is 5. The zero-order valence-electron chi connectivity index (χ0n) is 9.67. The molecule has 17 heavy (non-hydrogen) atoms. The normalized spacial score (nSPS) is 10.3. The van der Waals surface area contributed by atoms with E-state index in [1.54, 1.807) is 6.92 Å². The minimum absolute atomic E-state index is 0. The number of carbonyl (C=O) groups is 2. The molecule has 1 aromatic heterocycles. The third kappa shape index (κ3) is 4.85. The van der Waals surface area contributed by atoms with Crippen LogP contribution < -0.4 is 24.0 Å². The van der Waals surface area contributed by atoms with Gasteiger partial charge in [0.25, 0.3) is 5.78 Å². The summed E-state index contributed by atoms with van der Waals surface area (Å²) in [5, 5.41) is 11.5. The van der Waals surface area contributed by atoms with Crippen LogP contribution in [0, 0.1) is 0 Å². The van der Waals surface area contributed by atoms with E-state index in [-0.39, 0.29) is 25.5 Å². The minimum Gasteiger partial charge on any atom is -0.872 e. The number of carbonyl (C=O) groups excluding carboxylic acids is 2. The Labute approximate surface area is 111 Å². The molecule has 0 fully saturated rings. The van der Waals surface area contributed by atoms with E-state index in [9.17, 15) is 14.7 Å². The summed E-state index contributed by atoms with van der Waals surface area (Å²) >= 11 is 0. The van der Waals surface area contributed by atoms with Gasteiger partial charge in [-0.3, -0.25) is 9.78 Å². The van der Waals surface area contributed by atoms with Crippen LogP contribution in [-0.2, 0) is 14.3 Å². The van der Waals surface area contributed by atoms with Crippen molar-refractivity contribution in [3.8, 4) is 0 Å². The summed E-state index contributed by atoms with van der Waals surface area (Å²) in [5.41, 5.74) is 0.299. The molecule has 0 aliphatic rings. The summed E-state index contributed by atoms with van der Waals surface area (Å²) in [6, 6.07) is 2.91. The number of ether oxygens (including phenoxy) is 1. The minimum atomic E-state index is -1.02. The van der Waals surface area contributed by atoms with Crippen LogP contribution in [0.5, 0.6) is 0 Å². The summed E-state index contributed by atoms with van der Waals surface area (Å²) in [6.45, 7) is 1.68. The van der Waals surface area contributed by atoms with Gasteiger partial charge in [0.15, 0.2) is 0 Å². The van der Waals surface area contributed by atoms with Crippen LogP contribution in [0.4, 0.5) is 0 Å². The maximum absolute atomic E-state index is 11.5. The molecule has 0 bridgehead atoms. The van der Waals surface area contributed by atoms with E-state index in [0.717, 1.165) is 0 Å². The Morgan fingerprint density at radius 1 is 1.41 bits per heavy atom. The number of pyridine rings is 1. The van der Waals surface area contributed by atoms with Crippen molar-refractivity contribution in [3.63, 3.8) is 0 Å². The second-order valence-corrected chi connectivity index (χ2v) is 2.83. The summed E-state index contributed by atoms with van der Waals surface area (Å²) < 4.78 is 4.46. The number of aromatic nitrogens is 1. The Kier molecular flexibility index (Phi) is 6.95. The van der Waals surface area contributed by atoms with Crippen molar-refractivity contribution in [2.75, 3.05) is 6.61 Å². The maximum atomic E-state index is 11.5. The van der Waals surface area contributed by atoms with Gasteiger partial charge in [0.05, 0.1) is 6.61 Å². The van der Waals surface area contributed by atoms with E-state index < -0.39 is 17.5 Å². The third-order valence-corrected chi connectivity index (χ3v) is 1.70. The zero-order valence-corrected chi connectivity index (χ0v) is 9.67. The molecule has 0 atom stereocenters. The molecule has 0 amide bonds. The van der Waals surface area contributed by atoms with Crippen molar-refractivity contribution in [2.24, 2.45) is 0 Å². The SMILES string of the molecule is CCOC(=O)C(=O)/C=C(\[O-])c1ccncc1.[Li+]. The molecule has 0 spiro atoms. The fraction of sp³-hybridized carbons (Fsp3) is 0.182. The van der Waals surface area contributed by atoms with Gasteiger partial charge in [-0.1, -0.05) is 5.76 Å². The number of nitrogens with zero attached hydrogens (tertiary/aromatic N) is 1. The van der Waals surface area contributed by atoms with Gasteiger partial charge in [-0.2, -0.15) is 0 Å². The smallest absolute Gasteiger partial charge is 0.872 e. The molecule has 0 aromatic carbocycles. The first-order valence-electron chi connectivity index (χ1n) is 4.65. The zero-order chi connectivity index (χ0) is 12.0. The number of hydrogen-bond donors (Lipinski definition) is 0. The molecule has 0 unspecified atom stereocenters. The summed E-state index contributed by atoms with van der Waals surface area (Å²) in [6.07, 6.45) is 3.57. The average molecular weight is 227 g/mol. The van der Waals surface area contributed by atoms with Gasteiger partial charge in [-0.05, 0) is 30.7 Å². The van der Waals surface area contributed by atoms with Crippen molar-refractivity contribution in [3.05, 3.63) is 36.2 Å². The van der Waals surface area contributed by atoms with Gasteiger partial charge in [0.2, 0.25) is 0 Å². The third-order valence-electron chi connectivity index (χ3n) is 1.70. The van der Waals surface area contributed by atoms with E-state index in [2.05, 4.69) is 9.72 Å². The summed E-state index contributed by atoms with van der Waals surface area (Å²) in [7, 11) is 0. The van der Waals surface area contributed by atoms with Crippen molar-refractivity contribution < 1.29 is 38.3 Å². The number of esters is 1. The van der Waals surface area contributed by atoms with Crippen LogP contribution in [0.3, 0.4) is 0 Å². The van der Waals surface area contributed by atoms with Gasteiger partial charge in [0, 0.05) is 12.4 Å². The molecule has 1 heterocycles. The second-order valence-electron chi connectivity index (χ2n) is 2.83. The molecule has 84 valence electrons. The number of ketones is 1. The van der Waals surface area contributed by atoms with Crippen LogP contribution in [0.2, 0.25) is 0 Å². The molecule has 0 radical (unpaired) electrons. The Balaban J connectivity index is 0.00000256. The molecule has 0 N–H and O–H groups in total. The molecule has 6 heteroatoms.